The Labute approximate surface area is 152 Å². The van der Waals surface area contributed by atoms with E-state index in [1.165, 1.54) is 0 Å². The Kier molecular flexibility index (Phi) is 5.46. The molecular weight excluding hydrogens is 340 g/mol. The van der Waals surface area contributed by atoms with Crippen molar-refractivity contribution < 1.29 is 14.3 Å². The predicted octanol–water partition coefficient (Wildman–Crippen LogP) is 3.21. The van der Waals surface area contributed by atoms with Crippen LogP contribution in [0, 0.1) is 0 Å². The molecule has 25 heavy (non-hydrogen) atoms. The molecule has 0 spiro atoms. The summed E-state index contributed by atoms with van der Waals surface area (Å²) >= 11 is 6.19. The van der Waals surface area contributed by atoms with Gasteiger partial charge in [-0.2, -0.15) is 0 Å². The van der Waals surface area contributed by atoms with Crippen molar-refractivity contribution in [3.8, 4) is 11.5 Å². The number of nitrogens with zero attached hydrogens (tertiary/aromatic N) is 1. The van der Waals surface area contributed by atoms with Crippen LogP contribution in [0.3, 0.4) is 0 Å². The van der Waals surface area contributed by atoms with Gasteiger partial charge in [0, 0.05) is 18.1 Å². The third kappa shape index (κ3) is 4.24. The molecule has 132 valence electrons. The van der Waals surface area contributed by atoms with Crippen LogP contribution >= 0.6 is 11.6 Å². The van der Waals surface area contributed by atoms with Gasteiger partial charge in [0.15, 0.2) is 11.5 Å². The molecule has 1 aliphatic heterocycles. The highest BCUT2D eigenvalue weighted by Gasteiger charge is 2.19. The van der Waals surface area contributed by atoms with Crippen LogP contribution in [0.5, 0.6) is 11.5 Å². The van der Waals surface area contributed by atoms with E-state index in [1.54, 1.807) is 0 Å². The van der Waals surface area contributed by atoms with Crippen molar-refractivity contribution in [2.24, 2.45) is 0 Å². The minimum Gasteiger partial charge on any atom is -0.454 e. The topological polar surface area (TPSA) is 50.8 Å². The van der Waals surface area contributed by atoms with E-state index >= 15 is 0 Å². The van der Waals surface area contributed by atoms with Gasteiger partial charge in [-0.25, -0.2) is 0 Å². The number of ether oxygens (including phenoxy) is 2. The first kappa shape index (κ1) is 17.6. The predicted molar refractivity (Wildman–Crippen MR) is 96.8 cm³/mol. The SMILES string of the molecule is C[C@H](C(=O)NCc1ccc2c(c1)OCO2)N(C)Cc1ccccc1Cl. The zero-order chi connectivity index (χ0) is 17.8. The van der Waals surface area contributed by atoms with Gasteiger partial charge in [-0.1, -0.05) is 35.9 Å². The molecule has 1 N–H and O–H groups in total. The maximum Gasteiger partial charge on any atom is 0.237 e. The summed E-state index contributed by atoms with van der Waals surface area (Å²) < 4.78 is 10.6. The summed E-state index contributed by atoms with van der Waals surface area (Å²) in [4.78, 5) is 14.4. The Balaban J connectivity index is 1.54. The van der Waals surface area contributed by atoms with Crippen LogP contribution in [0.1, 0.15) is 18.1 Å². The van der Waals surface area contributed by atoms with E-state index < -0.39 is 0 Å². The summed E-state index contributed by atoms with van der Waals surface area (Å²) in [5.74, 6) is 1.42. The monoisotopic (exact) mass is 360 g/mol. The lowest BCUT2D eigenvalue weighted by Gasteiger charge is -2.24. The Bertz CT molecular complexity index is 766. The number of hydrogen-bond acceptors (Lipinski definition) is 4. The highest BCUT2D eigenvalue weighted by Crippen LogP contribution is 2.32. The zero-order valence-electron chi connectivity index (χ0n) is 14.3. The summed E-state index contributed by atoms with van der Waals surface area (Å²) in [6, 6.07) is 13.1. The van der Waals surface area contributed by atoms with E-state index in [0.29, 0.717) is 18.1 Å². The van der Waals surface area contributed by atoms with Crippen molar-refractivity contribution >= 4 is 17.5 Å². The second-order valence-corrected chi connectivity index (χ2v) is 6.50. The molecule has 2 aromatic carbocycles. The fourth-order valence-corrected chi connectivity index (χ4v) is 2.82. The van der Waals surface area contributed by atoms with Crippen LogP contribution in [0.4, 0.5) is 0 Å². The molecule has 0 aliphatic carbocycles. The minimum absolute atomic E-state index is 0.0350. The smallest absolute Gasteiger partial charge is 0.237 e. The average molecular weight is 361 g/mol. The zero-order valence-corrected chi connectivity index (χ0v) is 15.0. The largest absolute Gasteiger partial charge is 0.454 e. The quantitative estimate of drug-likeness (QED) is 0.859. The normalized spacial score (nSPS) is 13.8. The molecule has 5 nitrogen and oxygen atoms in total. The standard InChI is InChI=1S/C19H21ClN2O3/c1-13(22(2)11-15-5-3-4-6-16(15)20)19(23)21-10-14-7-8-17-18(9-14)25-12-24-17/h3-9,13H,10-12H2,1-2H3,(H,21,23)/t13-/m1/s1. The highest BCUT2D eigenvalue weighted by molar-refractivity contribution is 6.31. The molecule has 0 unspecified atom stereocenters. The number of rotatable bonds is 6. The van der Waals surface area contributed by atoms with Gasteiger partial charge >= 0.3 is 0 Å². The van der Waals surface area contributed by atoms with E-state index in [0.717, 1.165) is 22.6 Å². The highest BCUT2D eigenvalue weighted by atomic mass is 35.5. The number of benzene rings is 2. The summed E-state index contributed by atoms with van der Waals surface area (Å²) in [5, 5.41) is 3.67. The molecule has 1 atom stereocenters. The molecule has 1 heterocycles. The first-order chi connectivity index (χ1) is 12.0. The fraction of sp³-hybridized carbons (Fsp3) is 0.316. The van der Waals surface area contributed by atoms with Gasteiger partial charge in [-0.05, 0) is 43.3 Å². The van der Waals surface area contributed by atoms with E-state index in [9.17, 15) is 4.79 Å². The molecule has 0 aromatic heterocycles. The van der Waals surface area contributed by atoms with Gasteiger partial charge in [0.1, 0.15) is 0 Å². The molecule has 0 radical (unpaired) electrons. The molecule has 2 aromatic rings. The first-order valence-corrected chi connectivity index (χ1v) is 8.52. The average Bonchev–Trinajstić information content (AvgIpc) is 3.08. The third-order valence-electron chi connectivity index (χ3n) is 4.32. The van der Waals surface area contributed by atoms with E-state index in [4.69, 9.17) is 21.1 Å². The Morgan fingerprint density at radius 1 is 1.24 bits per heavy atom. The van der Waals surface area contributed by atoms with E-state index in [-0.39, 0.29) is 18.7 Å². The minimum atomic E-state index is -0.273. The number of carbonyl (C=O) groups excluding carboxylic acids is 1. The summed E-state index contributed by atoms with van der Waals surface area (Å²) in [5.41, 5.74) is 1.97. The van der Waals surface area contributed by atoms with Gasteiger partial charge in [0.25, 0.3) is 0 Å². The number of nitrogens with one attached hydrogen (secondary N) is 1. The van der Waals surface area contributed by atoms with Gasteiger partial charge < -0.3 is 14.8 Å². The van der Waals surface area contributed by atoms with Crippen molar-refractivity contribution in [3.05, 3.63) is 58.6 Å². The number of likely N-dealkylation sites (N-methyl/N-ethyl adjacent to an activating group) is 1. The van der Waals surface area contributed by atoms with Gasteiger partial charge in [0.2, 0.25) is 12.7 Å². The summed E-state index contributed by atoms with van der Waals surface area (Å²) in [6.07, 6.45) is 0. The number of hydrogen-bond donors (Lipinski definition) is 1. The molecule has 0 saturated carbocycles. The maximum absolute atomic E-state index is 12.4. The molecule has 0 saturated heterocycles. The van der Waals surface area contributed by atoms with Crippen molar-refractivity contribution in [2.45, 2.75) is 26.1 Å². The van der Waals surface area contributed by atoms with Crippen molar-refractivity contribution in [3.63, 3.8) is 0 Å². The van der Waals surface area contributed by atoms with Crippen molar-refractivity contribution in [1.82, 2.24) is 10.2 Å². The number of fused-ring (bicyclic) bond motifs is 1. The number of halogens is 1. The third-order valence-corrected chi connectivity index (χ3v) is 4.69. The van der Waals surface area contributed by atoms with Crippen LogP contribution in [-0.4, -0.2) is 30.7 Å². The van der Waals surface area contributed by atoms with E-state index in [2.05, 4.69) is 5.32 Å². The second kappa shape index (κ2) is 7.76. The molecule has 0 fully saturated rings. The molecule has 1 aliphatic rings. The van der Waals surface area contributed by atoms with Crippen LogP contribution in [-0.2, 0) is 17.9 Å². The van der Waals surface area contributed by atoms with Crippen LogP contribution in [0.15, 0.2) is 42.5 Å². The Morgan fingerprint density at radius 2 is 2.00 bits per heavy atom. The maximum atomic E-state index is 12.4. The molecule has 0 bridgehead atoms. The van der Waals surface area contributed by atoms with Crippen molar-refractivity contribution in [2.75, 3.05) is 13.8 Å². The van der Waals surface area contributed by atoms with E-state index in [1.807, 2.05) is 61.3 Å². The fourth-order valence-electron chi connectivity index (χ4n) is 2.62. The molecule has 6 heteroatoms. The molecular formula is C19H21ClN2O3. The van der Waals surface area contributed by atoms with Gasteiger partial charge in [0.05, 0.1) is 6.04 Å². The van der Waals surface area contributed by atoms with Crippen LogP contribution in [0.2, 0.25) is 5.02 Å². The molecule has 3 rings (SSSR count). The van der Waals surface area contributed by atoms with Crippen LogP contribution < -0.4 is 14.8 Å². The van der Waals surface area contributed by atoms with Gasteiger partial charge in [-0.15, -0.1) is 0 Å². The van der Waals surface area contributed by atoms with Crippen LogP contribution in [0.25, 0.3) is 0 Å². The summed E-state index contributed by atoms with van der Waals surface area (Å²) in [7, 11) is 1.91. The van der Waals surface area contributed by atoms with Crippen molar-refractivity contribution in [1.29, 1.82) is 0 Å². The number of amides is 1. The number of carbonyl (C=O) groups is 1. The molecule has 1 amide bonds. The lowest BCUT2D eigenvalue weighted by atomic mass is 10.1. The Morgan fingerprint density at radius 3 is 2.80 bits per heavy atom. The summed E-state index contributed by atoms with van der Waals surface area (Å²) in [6.45, 7) is 3.18. The first-order valence-electron chi connectivity index (χ1n) is 8.14. The lowest BCUT2D eigenvalue weighted by Crippen LogP contribution is -2.42. The lowest BCUT2D eigenvalue weighted by molar-refractivity contribution is -0.125. The van der Waals surface area contributed by atoms with Gasteiger partial charge in [-0.3, -0.25) is 9.69 Å². The second-order valence-electron chi connectivity index (χ2n) is 6.09. The Hall–Kier alpha value is -2.24.